The van der Waals surface area contributed by atoms with Crippen LogP contribution in [-0.2, 0) is 4.79 Å². The zero-order valence-electron chi connectivity index (χ0n) is 16.6. The van der Waals surface area contributed by atoms with Crippen molar-refractivity contribution in [2.45, 2.75) is 12.8 Å². The van der Waals surface area contributed by atoms with Crippen LogP contribution in [0.5, 0.6) is 5.88 Å². The Kier molecular flexibility index (Phi) is 7.10. The van der Waals surface area contributed by atoms with Gasteiger partial charge in [0.1, 0.15) is 5.69 Å². The van der Waals surface area contributed by atoms with Crippen molar-refractivity contribution >= 4 is 18.2 Å². The van der Waals surface area contributed by atoms with Gasteiger partial charge in [0.25, 0.3) is 12.4 Å². The molecule has 2 fully saturated rings. The predicted molar refractivity (Wildman–Crippen MR) is 106 cm³/mol. The summed E-state index contributed by atoms with van der Waals surface area (Å²) in [6.45, 7) is 2.66. The first-order chi connectivity index (χ1) is 14.6. The number of halogens is 1. The molecule has 1 amide bonds. The van der Waals surface area contributed by atoms with E-state index in [4.69, 9.17) is 14.6 Å². The van der Waals surface area contributed by atoms with E-state index in [-0.39, 0.29) is 18.2 Å². The van der Waals surface area contributed by atoms with Crippen molar-refractivity contribution in [3.8, 4) is 5.88 Å². The van der Waals surface area contributed by atoms with Crippen LogP contribution in [0, 0.1) is 17.7 Å². The van der Waals surface area contributed by atoms with Gasteiger partial charge in [-0.05, 0) is 36.8 Å². The highest BCUT2D eigenvalue weighted by molar-refractivity contribution is 5.92. The van der Waals surface area contributed by atoms with Crippen molar-refractivity contribution in [3.63, 3.8) is 0 Å². The summed E-state index contributed by atoms with van der Waals surface area (Å²) in [6.07, 6.45) is 6.37. The van der Waals surface area contributed by atoms with Crippen LogP contribution in [0.4, 0.5) is 10.2 Å². The first-order valence-electron chi connectivity index (χ1n) is 9.66. The zero-order chi connectivity index (χ0) is 21.5. The molecule has 4 rings (SSSR count). The predicted octanol–water partition coefficient (Wildman–Crippen LogP) is 1.71. The number of likely N-dealkylation sites (tertiary alicyclic amines) is 1. The number of amides is 1. The highest BCUT2D eigenvalue weighted by atomic mass is 19.1. The molecule has 2 aromatic heterocycles. The van der Waals surface area contributed by atoms with Gasteiger partial charge >= 0.3 is 0 Å². The number of nitrogens with zero attached hydrogens (tertiary/aromatic N) is 5. The third kappa shape index (κ3) is 4.81. The molecular weight excluding hydrogens is 393 g/mol. The molecule has 0 aromatic carbocycles. The Hall–Kier alpha value is -3.30. The highest BCUT2D eigenvalue weighted by Gasteiger charge is 2.37. The first kappa shape index (κ1) is 21.4. The molecule has 4 heterocycles. The summed E-state index contributed by atoms with van der Waals surface area (Å²) in [5.74, 6) is 1.28. The molecule has 2 aliphatic rings. The molecule has 0 saturated carbocycles. The molecule has 160 valence electrons. The molecule has 0 radical (unpaired) electrons. The maximum Gasteiger partial charge on any atom is 0.290 e. The maximum absolute atomic E-state index is 14.0. The van der Waals surface area contributed by atoms with Crippen LogP contribution in [0.2, 0.25) is 0 Å². The summed E-state index contributed by atoms with van der Waals surface area (Å²) in [5, 5.41) is 6.89. The number of carbonyl (C=O) groups is 2. The summed E-state index contributed by atoms with van der Waals surface area (Å²) in [5.41, 5.74) is 0.337. The zero-order valence-corrected chi connectivity index (χ0v) is 16.6. The van der Waals surface area contributed by atoms with E-state index in [0.29, 0.717) is 42.3 Å². The van der Waals surface area contributed by atoms with Crippen molar-refractivity contribution in [1.29, 1.82) is 0 Å². The van der Waals surface area contributed by atoms with E-state index >= 15 is 0 Å². The van der Waals surface area contributed by atoms with Gasteiger partial charge in [-0.1, -0.05) is 0 Å². The van der Waals surface area contributed by atoms with Gasteiger partial charge < -0.3 is 19.6 Å². The summed E-state index contributed by atoms with van der Waals surface area (Å²) in [4.78, 5) is 37.4. The molecule has 0 unspecified atom stereocenters. The number of carboxylic acid groups (broad SMARTS) is 1. The van der Waals surface area contributed by atoms with E-state index < -0.39 is 0 Å². The number of anilines is 1. The number of fused-ring (bicyclic) bond motifs is 1. The van der Waals surface area contributed by atoms with Crippen LogP contribution in [0.25, 0.3) is 0 Å². The number of hydrogen-bond donors (Lipinski definition) is 1. The largest absolute Gasteiger partial charge is 0.483 e. The number of methoxy groups -OCH3 is 1. The molecule has 2 atom stereocenters. The number of rotatable bonds is 3. The van der Waals surface area contributed by atoms with Gasteiger partial charge in [0.2, 0.25) is 5.88 Å². The minimum Gasteiger partial charge on any atom is -0.483 e. The number of ether oxygens (including phenoxy) is 1. The SMILES string of the molecule is COc1cnc(C(=O)N2C[C@H]3CCN(c4ncccc4F)CC[C@H]3C2)cn1.O=CO. The molecule has 30 heavy (non-hydrogen) atoms. The number of hydrogen-bond acceptors (Lipinski definition) is 7. The lowest BCUT2D eigenvalue weighted by Crippen LogP contribution is -2.32. The van der Waals surface area contributed by atoms with Gasteiger partial charge in [0.15, 0.2) is 11.6 Å². The number of pyridine rings is 1. The van der Waals surface area contributed by atoms with Crippen molar-refractivity contribution < 1.29 is 23.8 Å². The average Bonchev–Trinajstić information content (AvgIpc) is 3.08. The summed E-state index contributed by atoms with van der Waals surface area (Å²) in [7, 11) is 1.51. The minimum atomic E-state index is -0.278. The Morgan fingerprint density at radius 2 is 1.87 bits per heavy atom. The summed E-state index contributed by atoms with van der Waals surface area (Å²) >= 11 is 0. The van der Waals surface area contributed by atoms with Crippen molar-refractivity contribution in [3.05, 3.63) is 42.2 Å². The Morgan fingerprint density at radius 1 is 1.20 bits per heavy atom. The Bertz CT molecular complexity index is 851. The second-order valence-corrected chi connectivity index (χ2v) is 7.15. The van der Waals surface area contributed by atoms with Crippen LogP contribution in [0.3, 0.4) is 0 Å². The third-order valence-electron chi connectivity index (χ3n) is 5.50. The topological polar surface area (TPSA) is 109 Å². The van der Waals surface area contributed by atoms with Gasteiger partial charge in [0.05, 0.1) is 19.5 Å². The molecule has 1 N–H and O–H groups in total. The second kappa shape index (κ2) is 9.95. The fourth-order valence-corrected chi connectivity index (χ4v) is 4.03. The smallest absolute Gasteiger partial charge is 0.290 e. The standard InChI is InChI=1S/C19H22FN5O2.CH2O2/c1-27-17-10-22-16(9-23-17)19(26)25-11-13-4-7-24(8-5-14(13)12-25)18-15(20)3-2-6-21-18;2-1-3/h2-3,6,9-10,13-14H,4-5,7-8,11-12H2,1H3;1H,(H,2,3)/t13-,14+;. The molecule has 2 aliphatic heterocycles. The van der Waals surface area contributed by atoms with Crippen LogP contribution in [-0.4, -0.2) is 70.6 Å². The van der Waals surface area contributed by atoms with Crippen molar-refractivity contribution in [1.82, 2.24) is 19.9 Å². The van der Waals surface area contributed by atoms with Crippen LogP contribution < -0.4 is 9.64 Å². The van der Waals surface area contributed by atoms with Crippen LogP contribution >= 0.6 is 0 Å². The lowest BCUT2D eigenvalue weighted by atomic mass is 9.92. The number of aromatic nitrogens is 3. The van der Waals surface area contributed by atoms with Gasteiger partial charge in [-0.2, -0.15) is 0 Å². The van der Waals surface area contributed by atoms with Gasteiger partial charge in [-0.3, -0.25) is 9.59 Å². The van der Waals surface area contributed by atoms with Gasteiger partial charge in [0, 0.05) is 32.4 Å². The Labute approximate surface area is 173 Å². The number of carbonyl (C=O) groups excluding carboxylic acids is 1. The molecule has 0 aliphatic carbocycles. The van der Waals surface area contributed by atoms with Gasteiger partial charge in [-0.15, -0.1) is 0 Å². The lowest BCUT2D eigenvalue weighted by molar-refractivity contribution is -0.122. The third-order valence-corrected chi connectivity index (χ3v) is 5.50. The minimum absolute atomic E-state index is 0.0918. The fraction of sp³-hybridized carbons (Fsp3) is 0.450. The Morgan fingerprint density at radius 3 is 2.40 bits per heavy atom. The summed E-state index contributed by atoms with van der Waals surface area (Å²) < 4.78 is 19.0. The van der Waals surface area contributed by atoms with E-state index in [1.54, 1.807) is 12.3 Å². The molecule has 2 aromatic rings. The molecular formula is C20H24FN5O4. The summed E-state index contributed by atoms with van der Waals surface area (Å²) in [6, 6.07) is 3.06. The fourth-order valence-electron chi connectivity index (χ4n) is 4.03. The second-order valence-electron chi connectivity index (χ2n) is 7.15. The normalized spacial score (nSPS) is 20.5. The van der Waals surface area contributed by atoms with Crippen molar-refractivity contribution in [2.24, 2.45) is 11.8 Å². The van der Waals surface area contributed by atoms with E-state index in [2.05, 4.69) is 15.0 Å². The van der Waals surface area contributed by atoms with E-state index in [0.717, 1.165) is 25.9 Å². The van der Waals surface area contributed by atoms with E-state index in [1.165, 1.54) is 25.6 Å². The highest BCUT2D eigenvalue weighted by Crippen LogP contribution is 2.33. The Balaban J connectivity index is 0.000000806. The van der Waals surface area contributed by atoms with E-state index in [1.807, 2.05) is 9.80 Å². The lowest BCUT2D eigenvalue weighted by Gasteiger charge is -2.23. The molecule has 0 bridgehead atoms. The average molecular weight is 417 g/mol. The quantitative estimate of drug-likeness (QED) is 0.752. The van der Waals surface area contributed by atoms with Crippen LogP contribution in [0.1, 0.15) is 23.3 Å². The van der Waals surface area contributed by atoms with Crippen molar-refractivity contribution in [2.75, 3.05) is 38.2 Å². The van der Waals surface area contributed by atoms with E-state index in [9.17, 15) is 9.18 Å². The maximum atomic E-state index is 14.0. The molecule has 2 saturated heterocycles. The van der Waals surface area contributed by atoms with Gasteiger partial charge in [-0.25, -0.2) is 19.3 Å². The molecule has 10 heteroatoms. The monoisotopic (exact) mass is 417 g/mol. The molecule has 0 spiro atoms. The molecule has 9 nitrogen and oxygen atoms in total. The van der Waals surface area contributed by atoms with Crippen LogP contribution in [0.15, 0.2) is 30.7 Å². The first-order valence-corrected chi connectivity index (χ1v) is 9.66.